The molecule has 0 aromatic heterocycles. The minimum absolute atomic E-state index is 0.328. The van der Waals surface area contributed by atoms with E-state index in [9.17, 15) is 9.90 Å². The first-order valence-electron chi connectivity index (χ1n) is 8.45. The Morgan fingerprint density at radius 2 is 2.12 bits per heavy atom. The van der Waals surface area contributed by atoms with Crippen molar-refractivity contribution in [3.63, 3.8) is 0 Å². The first kappa shape index (κ1) is 18.5. The molecule has 1 aliphatic rings. The topological polar surface area (TPSA) is 62.2 Å². The van der Waals surface area contributed by atoms with E-state index in [1.807, 2.05) is 17.9 Å². The van der Waals surface area contributed by atoms with Crippen molar-refractivity contribution in [3.05, 3.63) is 23.8 Å². The van der Waals surface area contributed by atoms with E-state index in [4.69, 9.17) is 9.47 Å². The lowest BCUT2D eigenvalue weighted by Gasteiger charge is -2.40. The first-order chi connectivity index (χ1) is 11.5. The molecule has 2 atom stereocenters. The van der Waals surface area contributed by atoms with E-state index in [0.717, 1.165) is 31.6 Å². The van der Waals surface area contributed by atoms with Gasteiger partial charge in [-0.15, -0.1) is 0 Å². The summed E-state index contributed by atoms with van der Waals surface area (Å²) in [7, 11) is 3.66. The molecule has 0 bridgehead atoms. The highest BCUT2D eigenvalue weighted by atomic mass is 16.5. The fraction of sp³-hybridized carbons (Fsp3) is 0.611. The summed E-state index contributed by atoms with van der Waals surface area (Å²) >= 11 is 0. The molecule has 1 aromatic rings. The molecule has 24 heavy (non-hydrogen) atoms. The fourth-order valence-corrected chi connectivity index (χ4v) is 3.01. The molecule has 1 aromatic carbocycles. The van der Waals surface area contributed by atoms with E-state index in [-0.39, 0.29) is 0 Å². The van der Waals surface area contributed by atoms with Crippen LogP contribution in [0.15, 0.2) is 18.2 Å². The second kappa shape index (κ2) is 8.35. The van der Waals surface area contributed by atoms with Crippen LogP contribution in [-0.2, 0) is 4.79 Å². The van der Waals surface area contributed by atoms with Crippen molar-refractivity contribution in [2.24, 2.45) is 0 Å². The number of benzene rings is 1. The highest BCUT2D eigenvalue weighted by molar-refractivity contribution is 5.76. The fourth-order valence-electron chi connectivity index (χ4n) is 3.01. The normalized spacial score (nSPS) is 20.6. The first-order valence-corrected chi connectivity index (χ1v) is 8.45. The number of hydrogen-bond donors (Lipinski definition) is 1. The van der Waals surface area contributed by atoms with Gasteiger partial charge in [-0.1, -0.05) is 13.0 Å². The smallest absolute Gasteiger partial charge is 0.325 e. The van der Waals surface area contributed by atoms with E-state index in [1.54, 1.807) is 19.2 Å². The van der Waals surface area contributed by atoms with Crippen molar-refractivity contribution in [1.82, 2.24) is 9.80 Å². The van der Waals surface area contributed by atoms with Crippen LogP contribution in [0.2, 0.25) is 0 Å². The van der Waals surface area contributed by atoms with Gasteiger partial charge in [0.25, 0.3) is 0 Å². The van der Waals surface area contributed by atoms with Crippen molar-refractivity contribution >= 4 is 5.97 Å². The predicted molar refractivity (Wildman–Crippen MR) is 92.8 cm³/mol. The van der Waals surface area contributed by atoms with Crippen LogP contribution in [0.3, 0.4) is 0 Å². The Labute approximate surface area is 144 Å². The number of hydrogen-bond acceptors (Lipinski definition) is 5. The van der Waals surface area contributed by atoms with Crippen LogP contribution >= 0.6 is 0 Å². The lowest BCUT2D eigenvalue weighted by Crippen LogP contribution is -2.52. The highest BCUT2D eigenvalue weighted by Crippen LogP contribution is 2.33. The number of carbonyl (C=O) groups is 1. The Kier molecular flexibility index (Phi) is 6.45. The Balaban J connectivity index is 2.29. The van der Waals surface area contributed by atoms with Crippen LogP contribution in [-0.4, -0.2) is 67.3 Å². The molecule has 1 fully saturated rings. The monoisotopic (exact) mass is 336 g/mol. The highest BCUT2D eigenvalue weighted by Gasteiger charge is 2.32. The molecule has 1 heterocycles. The summed E-state index contributed by atoms with van der Waals surface area (Å²) in [6.07, 6.45) is 0.881. The number of methoxy groups -OCH3 is 1. The van der Waals surface area contributed by atoms with Gasteiger partial charge in [-0.2, -0.15) is 0 Å². The Bertz CT molecular complexity index is 564. The van der Waals surface area contributed by atoms with Gasteiger partial charge in [-0.05, 0) is 38.1 Å². The van der Waals surface area contributed by atoms with E-state index in [1.165, 1.54) is 0 Å². The summed E-state index contributed by atoms with van der Waals surface area (Å²) in [6.45, 7) is 7.04. The molecule has 0 radical (unpaired) electrons. The van der Waals surface area contributed by atoms with E-state index in [2.05, 4.69) is 18.9 Å². The van der Waals surface area contributed by atoms with Gasteiger partial charge in [0.15, 0.2) is 11.5 Å². The maximum absolute atomic E-state index is 11.9. The molecule has 1 saturated heterocycles. The third-order valence-electron chi connectivity index (χ3n) is 4.56. The van der Waals surface area contributed by atoms with E-state index >= 15 is 0 Å². The molecule has 6 nitrogen and oxygen atoms in total. The molecule has 2 rings (SSSR count). The number of carboxylic acid groups (broad SMARTS) is 1. The standard InChI is InChI=1S/C18H28N2O4/c1-5-10-24-16-11-14(6-7-15(16)23-4)17(18(21)22)20-9-8-19(3)13(2)12-20/h6-7,11,13,17H,5,8-10,12H2,1-4H3,(H,21,22). The molecule has 2 unspecified atom stereocenters. The average Bonchev–Trinajstić information content (AvgIpc) is 2.56. The Morgan fingerprint density at radius 3 is 2.71 bits per heavy atom. The Morgan fingerprint density at radius 1 is 1.38 bits per heavy atom. The minimum atomic E-state index is -0.835. The van der Waals surface area contributed by atoms with Crippen LogP contribution < -0.4 is 9.47 Å². The van der Waals surface area contributed by atoms with Crippen LogP contribution in [0.5, 0.6) is 11.5 Å². The summed E-state index contributed by atoms with van der Waals surface area (Å²) in [6, 6.07) is 5.07. The number of aliphatic carboxylic acids is 1. The summed E-state index contributed by atoms with van der Waals surface area (Å²) in [5.41, 5.74) is 0.728. The second-order valence-electron chi connectivity index (χ2n) is 6.32. The molecular weight excluding hydrogens is 308 g/mol. The number of nitrogens with zero attached hydrogens (tertiary/aromatic N) is 2. The van der Waals surface area contributed by atoms with Gasteiger partial charge < -0.3 is 19.5 Å². The van der Waals surface area contributed by atoms with Crippen LogP contribution in [0.4, 0.5) is 0 Å². The van der Waals surface area contributed by atoms with Gasteiger partial charge >= 0.3 is 5.97 Å². The van der Waals surface area contributed by atoms with E-state index < -0.39 is 12.0 Å². The number of likely N-dealkylation sites (N-methyl/N-ethyl adjacent to an activating group) is 1. The summed E-state index contributed by atoms with van der Waals surface area (Å²) in [5.74, 6) is 0.395. The van der Waals surface area contributed by atoms with Crippen LogP contribution in [0, 0.1) is 0 Å². The van der Waals surface area contributed by atoms with Crippen molar-refractivity contribution in [2.45, 2.75) is 32.4 Å². The quantitative estimate of drug-likeness (QED) is 0.824. The van der Waals surface area contributed by atoms with E-state index in [0.29, 0.717) is 24.1 Å². The zero-order chi connectivity index (χ0) is 17.7. The third-order valence-corrected chi connectivity index (χ3v) is 4.56. The van der Waals surface area contributed by atoms with Gasteiger partial charge in [0.05, 0.1) is 13.7 Å². The maximum atomic E-state index is 11.9. The number of carboxylic acids is 1. The molecule has 0 saturated carbocycles. The number of piperazine rings is 1. The third kappa shape index (κ3) is 4.19. The van der Waals surface area contributed by atoms with Gasteiger partial charge in [0.1, 0.15) is 6.04 Å². The zero-order valence-electron chi connectivity index (χ0n) is 15.0. The average molecular weight is 336 g/mol. The number of ether oxygens (including phenoxy) is 2. The lowest BCUT2D eigenvalue weighted by atomic mass is 10.0. The van der Waals surface area contributed by atoms with Crippen LogP contribution in [0.1, 0.15) is 31.9 Å². The van der Waals surface area contributed by atoms with Gasteiger partial charge in [0, 0.05) is 25.7 Å². The summed E-state index contributed by atoms with van der Waals surface area (Å²) < 4.78 is 11.1. The zero-order valence-corrected chi connectivity index (χ0v) is 15.0. The maximum Gasteiger partial charge on any atom is 0.325 e. The SMILES string of the molecule is CCCOc1cc(C(C(=O)O)N2CCN(C)C(C)C2)ccc1OC. The molecule has 0 amide bonds. The molecule has 6 heteroatoms. The van der Waals surface area contributed by atoms with Crippen molar-refractivity contribution < 1.29 is 19.4 Å². The molecule has 1 aliphatic heterocycles. The molecule has 134 valence electrons. The van der Waals surface area contributed by atoms with Crippen molar-refractivity contribution in [1.29, 1.82) is 0 Å². The summed E-state index contributed by atoms with van der Waals surface area (Å²) in [5, 5.41) is 9.80. The van der Waals surface area contributed by atoms with Gasteiger partial charge in [-0.25, -0.2) is 0 Å². The minimum Gasteiger partial charge on any atom is -0.493 e. The number of rotatable bonds is 7. The molecule has 1 N–H and O–H groups in total. The molecular formula is C18H28N2O4. The van der Waals surface area contributed by atoms with Crippen LogP contribution in [0.25, 0.3) is 0 Å². The van der Waals surface area contributed by atoms with Crippen molar-refractivity contribution in [2.75, 3.05) is 40.4 Å². The molecule has 0 spiro atoms. The van der Waals surface area contributed by atoms with Crippen molar-refractivity contribution in [3.8, 4) is 11.5 Å². The van der Waals surface area contributed by atoms with Gasteiger partial charge in [-0.3, -0.25) is 9.69 Å². The van der Waals surface area contributed by atoms with Gasteiger partial charge in [0.2, 0.25) is 0 Å². The summed E-state index contributed by atoms with van der Waals surface area (Å²) in [4.78, 5) is 16.2. The molecule has 0 aliphatic carbocycles. The lowest BCUT2D eigenvalue weighted by molar-refractivity contribution is -0.144. The predicted octanol–water partition coefficient (Wildman–Crippen LogP) is 2.25. The Hall–Kier alpha value is -1.79. The second-order valence-corrected chi connectivity index (χ2v) is 6.32. The largest absolute Gasteiger partial charge is 0.493 e.